The van der Waals surface area contributed by atoms with Gasteiger partial charge in [-0.15, -0.1) is 0 Å². The lowest BCUT2D eigenvalue weighted by Crippen LogP contribution is -2.42. The highest BCUT2D eigenvalue weighted by Crippen LogP contribution is 2.54. The minimum absolute atomic E-state index is 0.00605. The van der Waals surface area contributed by atoms with E-state index in [9.17, 15) is 9.59 Å². The molecule has 3 heterocycles. The molecule has 128 valence electrons. The first-order valence-electron chi connectivity index (χ1n) is 8.59. The fourth-order valence-corrected chi connectivity index (χ4v) is 3.66. The lowest BCUT2D eigenvalue weighted by atomic mass is 9.92. The van der Waals surface area contributed by atoms with Crippen LogP contribution in [0.25, 0.3) is 0 Å². The largest absolute Gasteiger partial charge is 0.349 e. The molecule has 6 nitrogen and oxygen atoms in total. The highest BCUT2D eigenvalue weighted by molar-refractivity contribution is 5.94. The second-order valence-electron chi connectivity index (χ2n) is 6.84. The van der Waals surface area contributed by atoms with Crippen molar-refractivity contribution < 1.29 is 9.59 Å². The Kier molecular flexibility index (Phi) is 3.95. The van der Waals surface area contributed by atoms with Crippen molar-refractivity contribution in [2.45, 2.75) is 25.3 Å². The molecule has 0 aromatic carbocycles. The number of hydrogen-bond donors (Lipinski definition) is 1. The van der Waals surface area contributed by atoms with Gasteiger partial charge in [0.15, 0.2) is 0 Å². The van der Waals surface area contributed by atoms with Crippen LogP contribution in [0.4, 0.5) is 0 Å². The summed E-state index contributed by atoms with van der Waals surface area (Å²) in [4.78, 5) is 34.7. The average molecular weight is 336 g/mol. The zero-order chi connectivity index (χ0) is 17.3. The summed E-state index contributed by atoms with van der Waals surface area (Å²) in [7, 11) is 0. The Morgan fingerprint density at radius 1 is 1.08 bits per heavy atom. The van der Waals surface area contributed by atoms with E-state index in [-0.39, 0.29) is 23.3 Å². The Hall–Kier alpha value is -2.76. The number of piperidine rings is 1. The molecule has 2 amide bonds. The molecule has 1 N–H and O–H groups in total. The monoisotopic (exact) mass is 336 g/mol. The Balaban J connectivity index is 1.32. The van der Waals surface area contributed by atoms with Crippen LogP contribution in [0.2, 0.25) is 0 Å². The molecule has 0 radical (unpaired) electrons. The molecule has 1 aliphatic heterocycles. The van der Waals surface area contributed by atoms with Gasteiger partial charge in [-0.3, -0.25) is 19.6 Å². The van der Waals surface area contributed by atoms with Crippen LogP contribution in [-0.2, 0) is 0 Å². The Labute approximate surface area is 146 Å². The van der Waals surface area contributed by atoms with Crippen molar-refractivity contribution in [2.24, 2.45) is 5.41 Å². The number of amides is 2. The minimum atomic E-state index is -0.0451. The van der Waals surface area contributed by atoms with E-state index in [1.54, 1.807) is 36.8 Å². The van der Waals surface area contributed by atoms with Crippen molar-refractivity contribution >= 4 is 11.8 Å². The second kappa shape index (κ2) is 6.27. The number of carbonyl (C=O) groups is 2. The molecular weight excluding hydrogens is 316 g/mol. The van der Waals surface area contributed by atoms with Gasteiger partial charge < -0.3 is 10.2 Å². The first-order chi connectivity index (χ1) is 12.2. The first-order valence-corrected chi connectivity index (χ1v) is 8.59. The normalized spacial score (nSPS) is 21.0. The van der Waals surface area contributed by atoms with Gasteiger partial charge in [0, 0.05) is 43.3 Å². The third kappa shape index (κ3) is 3.12. The summed E-state index contributed by atoms with van der Waals surface area (Å²) < 4.78 is 0. The molecule has 1 spiro atoms. The van der Waals surface area contributed by atoms with Gasteiger partial charge in [0.25, 0.3) is 11.8 Å². The molecular formula is C19H20N4O2. The predicted octanol–water partition coefficient (Wildman–Crippen LogP) is 1.90. The summed E-state index contributed by atoms with van der Waals surface area (Å²) in [5, 5.41) is 3.12. The van der Waals surface area contributed by atoms with Gasteiger partial charge >= 0.3 is 0 Å². The van der Waals surface area contributed by atoms with Gasteiger partial charge in [-0.2, -0.15) is 0 Å². The maximum atomic E-state index is 12.5. The van der Waals surface area contributed by atoms with Crippen molar-refractivity contribution in [3.05, 3.63) is 60.2 Å². The minimum Gasteiger partial charge on any atom is -0.349 e. The fraction of sp³-hybridized carbons (Fsp3) is 0.368. The quantitative estimate of drug-likeness (QED) is 0.929. The zero-order valence-corrected chi connectivity index (χ0v) is 13.9. The van der Waals surface area contributed by atoms with Gasteiger partial charge in [-0.05, 0) is 48.9 Å². The van der Waals surface area contributed by atoms with Crippen LogP contribution in [0.5, 0.6) is 0 Å². The van der Waals surface area contributed by atoms with Crippen molar-refractivity contribution in [3.63, 3.8) is 0 Å². The summed E-state index contributed by atoms with van der Waals surface area (Å²) in [6.45, 7) is 1.44. The van der Waals surface area contributed by atoms with Crippen LogP contribution in [0.1, 0.15) is 40.1 Å². The third-order valence-corrected chi connectivity index (χ3v) is 5.37. The van der Waals surface area contributed by atoms with Crippen LogP contribution >= 0.6 is 0 Å². The van der Waals surface area contributed by atoms with Crippen molar-refractivity contribution in [1.29, 1.82) is 0 Å². The van der Waals surface area contributed by atoms with E-state index in [2.05, 4.69) is 15.3 Å². The molecule has 2 aromatic rings. The van der Waals surface area contributed by atoms with E-state index in [1.807, 2.05) is 17.0 Å². The number of hydrogen-bond acceptors (Lipinski definition) is 4. The summed E-state index contributed by atoms with van der Waals surface area (Å²) in [6.07, 6.45) is 7.73. The maximum absolute atomic E-state index is 12.5. The number of nitrogens with one attached hydrogen (secondary N) is 1. The fourth-order valence-electron chi connectivity index (χ4n) is 3.66. The van der Waals surface area contributed by atoms with Crippen LogP contribution in [0.15, 0.2) is 48.9 Å². The standard InChI is InChI=1S/C19H20N4O2/c24-17(14-4-9-20-10-5-14)22-16-13-19(16)6-11-23(12-7-19)18(25)15-3-1-2-8-21-15/h1-5,8-10,16H,6-7,11-13H2,(H,22,24). The molecule has 6 heteroatoms. The van der Waals surface area contributed by atoms with Gasteiger partial charge in [0.1, 0.15) is 5.69 Å². The molecule has 2 fully saturated rings. The van der Waals surface area contributed by atoms with E-state index in [0.717, 1.165) is 32.4 Å². The highest BCUT2D eigenvalue weighted by Gasteiger charge is 2.56. The summed E-state index contributed by atoms with van der Waals surface area (Å²) in [6, 6.07) is 9.04. The topological polar surface area (TPSA) is 75.2 Å². The summed E-state index contributed by atoms with van der Waals surface area (Å²) >= 11 is 0. The molecule has 1 aliphatic carbocycles. The average Bonchev–Trinajstić information content (AvgIpc) is 3.34. The molecule has 0 bridgehead atoms. The molecule has 1 atom stereocenters. The molecule has 1 saturated heterocycles. The molecule has 25 heavy (non-hydrogen) atoms. The van der Waals surface area contributed by atoms with Gasteiger partial charge in [0.05, 0.1) is 0 Å². The Morgan fingerprint density at radius 2 is 1.84 bits per heavy atom. The predicted molar refractivity (Wildman–Crippen MR) is 91.9 cm³/mol. The smallest absolute Gasteiger partial charge is 0.272 e. The molecule has 2 aromatic heterocycles. The molecule has 1 saturated carbocycles. The van der Waals surface area contributed by atoms with Crippen LogP contribution in [-0.4, -0.2) is 45.8 Å². The third-order valence-electron chi connectivity index (χ3n) is 5.37. The van der Waals surface area contributed by atoms with E-state index >= 15 is 0 Å². The number of nitrogens with zero attached hydrogens (tertiary/aromatic N) is 3. The van der Waals surface area contributed by atoms with Gasteiger partial charge in [-0.1, -0.05) is 6.07 Å². The highest BCUT2D eigenvalue weighted by atomic mass is 16.2. The van der Waals surface area contributed by atoms with Crippen molar-refractivity contribution in [2.75, 3.05) is 13.1 Å². The van der Waals surface area contributed by atoms with E-state index < -0.39 is 0 Å². The Bertz CT molecular complexity index is 771. The lowest BCUT2D eigenvalue weighted by molar-refractivity contribution is 0.0662. The zero-order valence-electron chi connectivity index (χ0n) is 13.9. The number of likely N-dealkylation sites (tertiary alicyclic amines) is 1. The molecule has 1 unspecified atom stereocenters. The lowest BCUT2D eigenvalue weighted by Gasteiger charge is -2.32. The number of aromatic nitrogens is 2. The molecule has 4 rings (SSSR count). The Morgan fingerprint density at radius 3 is 2.52 bits per heavy atom. The summed E-state index contributed by atoms with van der Waals surface area (Å²) in [5.41, 5.74) is 1.29. The summed E-state index contributed by atoms with van der Waals surface area (Å²) in [5.74, 6) is -0.0512. The number of carbonyl (C=O) groups excluding carboxylic acids is 2. The maximum Gasteiger partial charge on any atom is 0.272 e. The molecule has 2 aliphatic rings. The van der Waals surface area contributed by atoms with E-state index in [1.165, 1.54) is 0 Å². The van der Waals surface area contributed by atoms with Crippen LogP contribution < -0.4 is 5.32 Å². The van der Waals surface area contributed by atoms with Gasteiger partial charge in [0.2, 0.25) is 0 Å². The number of pyridine rings is 2. The second-order valence-corrected chi connectivity index (χ2v) is 6.84. The first kappa shape index (κ1) is 15.7. The van der Waals surface area contributed by atoms with Crippen molar-refractivity contribution in [3.8, 4) is 0 Å². The number of rotatable bonds is 3. The van der Waals surface area contributed by atoms with Crippen LogP contribution in [0.3, 0.4) is 0 Å². The van der Waals surface area contributed by atoms with E-state index in [0.29, 0.717) is 11.3 Å². The van der Waals surface area contributed by atoms with Crippen LogP contribution in [0, 0.1) is 5.41 Å². The van der Waals surface area contributed by atoms with Crippen molar-refractivity contribution in [1.82, 2.24) is 20.2 Å². The SMILES string of the molecule is O=C(NC1CC12CCN(C(=O)c1ccccn1)CC2)c1ccncc1. The van der Waals surface area contributed by atoms with E-state index in [4.69, 9.17) is 0 Å². The van der Waals surface area contributed by atoms with Gasteiger partial charge in [-0.25, -0.2) is 0 Å².